The quantitative estimate of drug-likeness (QED) is 0.154. The van der Waals surface area contributed by atoms with Gasteiger partial charge < -0.3 is 63.6 Å². The maximum Gasteiger partial charge on any atom is 0.316 e. The minimum atomic E-state index is -1.81. The molecule has 0 amide bonds. The van der Waals surface area contributed by atoms with Gasteiger partial charge in [0.15, 0.2) is 30.4 Å². The normalized spacial score (nSPS) is 35.9. The van der Waals surface area contributed by atoms with Crippen LogP contribution in [0.15, 0.2) is 18.2 Å². The minimum Gasteiger partial charge on any atom is -0.507 e. The predicted molar refractivity (Wildman–Crippen MR) is 203 cm³/mol. The largest absolute Gasteiger partial charge is 0.507 e. The van der Waals surface area contributed by atoms with Gasteiger partial charge in [-0.05, 0) is 65.0 Å². The summed E-state index contributed by atoms with van der Waals surface area (Å²) in [6.07, 6.45) is -6.99. The number of carbonyl (C=O) groups excluding carboxylic acids is 4. The molecule has 2 aliphatic carbocycles. The summed E-state index contributed by atoms with van der Waals surface area (Å²) in [4.78, 5) is 55.1. The van der Waals surface area contributed by atoms with Gasteiger partial charge in [-0.2, -0.15) is 0 Å². The van der Waals surface area contributed by atoms with Gasteiger partial charge in [0.05, 0.1) is 53.8 Å². The fraction of sp³-hybridized carbons (Fsp3) is 0.619. The fourth-order valence-corrected chi connectivity index (χ4v) is 9.33. The summed E-state index contributed by atoms with van der Waals surface area (Å²) in [5.74, 6) is -5.90. The number of likely N-dealkylation sites (N-methyl/N-ethyl adjacent to an activating group) is 1. The first-order valence-electron chi connectivity index (χ1n) is 20.0. The number of hydrogen-bond acceptors (Lipinski definition) is 17. The summed E-state index contributed by atoms with van der Waals surface area (Å²) >= 11 is 0. The second kappa shape index (κ2) is 16.4. The monoisotopic (exact) mass is 827 g/mol. The minimum absolute atomic E-state index is 0.00116. The molecule has 0 bridgehead atoms. The molecular weight excluding hydrogens is 774 g/mol. The zero-order valence-electron chi connectivity index (χ0n) is 34.1. The van der Waals surface area contributed by atoms with Crippen molar-refractivity contribution in [3.63, 3.8) is 0 Å². The number of ether oxygens (including phenoxy) is 7. The van der Waals surface area contributed by atoms with Crippen LogP contribution in [0.5, 0.6) is 17.2 Å². The summed E-state index contributed by atoms with van der Waals surface area (Å²) in [7, 11) is 4.85. The van der Waals surface area contributed by atoms with Crippen molar-refractivity contribution in [2.24, 2.45) is 0 Å². The Morgan fingerprint density at radius 3 is 2.07 bits per heavy atom. The van der Waals surface area contributed by atoms with Crippen LogP contribution in [0.25, 0.3) is 0 Å². The number of Topliss-reactive ketones (excluding diaryl/α,β-unsaturated/α-hetero) is 1. The predicted octanol–water partition coefficient (Wildman–Crippen LogP) is 2.86. The first-order chi connectivity index (χ1) is 27.9. The number of methoxy groups -OCH3 is 1. The summed E-state index contributed by atoms with van der Waals surface area (Å²) in [5, 5.41) is 56.5. The maximum absolute atomic E-state index is 14.0. The molecule has 3 aliphatic heterocycles. The van der Waals surface area contributed by atoms with E-state index in [1.54, 1.807) is 27.7 Å². The highest BCUT2D eigenvalue weighted by molar-refractivity contribution is 6.31. The van der Waals surface area contributed by atoms with E-state index >= 15 is 0 Å². The molecule has 17 heteroatoms. The van der Waals surface area contributed by atoms with Crippen molar-refractivity contribution in [1.29, 1.82) is 0 Å². The van der Waals surface area contributed by atoms with Gasteiger partial charge >= 0.3 is 5.97 Å². The molecule has 2 aromatic carbocycles. The lowest BCUT2D eigenvalue weighted by molar-refractivity contribution is -0.324. The molecule has 322 valence electrons. The average Bonchev–Trinajstić information content (AvgIpc) is 3.17. The third-order valence-corrected chi connectivity index (χ3v) is 12.5. The summed E-state index contributed by atoms with van der Waals surface area (Å²) < 4.78 is 42.6. The molecule has 3 saturated heterocycles. The van der Waals surface area contributed by atoms with Crippen LogP contribution in [0.2, 0.25) is 0 Å². The number of esters is 1. The van der Waals surface area contributed by atoms with Crippen molar-refractivity contribution >= 4 is 23.3 Å². The SMILES string of the molecule is CCC1(O)CC(OC2CC(N(C)C)C(OC3CC(O)C(OC4CCC(=O)C(C)O4)C(C)O3)C(C)O2)c2c(cc3c(c2O)C(=O)c2c(O)ccc(O)c2C3=O)C1C(=O)OC. The molecule has 0 spiro atoms. The van der Waals surface area contributed by atoms with E-state index < -0.39 is 125 Å². The zero-order chi connectivity index (χ0) is 42.8. The molecule has 17 nitrogen and oxygen atoms in total. The highest BCUT2D eigenvalue weighted by Crippen LogP contribution is 2.54. The molecule has 5 aliphatic rings. The second-order valence-corrected chi connectivity index (χ2v) is 16.4. The number of rotatable bonds is 9. The zero-order valence-corrected chi connectivity index (χ0v) is 34.1. The first-order valence-corrected chi connectivity index (χ1v) is 20.0. The van der Waals surface area contributed by atoms with Crippen molar-refractivity contribution < 1.29 is 77.9 Å². The second-order valence-electron chi connectivity index (χ2n) is 16.4. The summed E-state index contributed by atoms with van der Waals surface area (Å²) in [6.45, 7) is 6.89. The fourth-order valence-electron chi connectivity index (χ4n) is 9.33. The van der Waals surface area contributed by atoms with E-state index in [9.17, 15) is 44.7 Å². The van der Waals surface area contributed by atoms with E-state index in [1.807, 2.05) is 19.0 Å². The standard InChI is InChI=1S/C42H53NO16/c1-8-42(52)16-27(31-20(35(42)41(51)53-7)13-21-32(37(31)49)38(50)34-25(46)10-9-24(45)33(34)36(21)48)57-29-14-22(43(5)6)39(18(3)55-29)59-30-15-26(47)40(19(4)56-30)58-28-12-11-23(44)17(2)54-28/h9-10,13,17-19,22,26-30,35,39-40,45-47,49,52H,8,11-12,14-16H2,1-7H3. The van der Waals surface area contributed by atoms with Gasteiger partial charge in [-0.3, -0.25) is 19.2 Å². The Kier molecular flexibility index (Phi) is 12.0. The topological polar surface area (TPSA) is 237 Å². The van der Waals surface area contributed by atoms with Gasteiger partial charge in [0, 0.05) is 49.3 Å². The third-order valence-electron chi connectivity index (χ3n) is 12.5. The number of phenols is 3. The molecule has 0 radical (unpaired) electrons. The Morgan fingerprint density at radius 2 is 1.47 bits per heavy atom. The Bertz CT molecular complexity index is 1990. The highest BCUT2D eigenvalue weighted by atomic mass is 16.7. The number of aromatic hydroxyl groups is 3. The van der Waals surface area contributed by atoms with Gasteiger partial charge in [-0.1, -0.05) is 6.92 Å². The van der Waals surface area contributed by atoms with Crippen LogP contribution in [0.4, 0.5) is 0 Å². The average molecular weight is 828 g/mol. The van der Waals surface area contributed by atoms with Crippen molar-refractivity contribution in [1.82, 2.24) is 4.90 Å². The molecule has 59 heavy (non-hydrogen) atoms. The maximum atomic E-state index is 14.0. The van der Waals surface area contributed by atoms with Crippen molar-refractivity contribution in [3.05, 3.63) is 51.6 Å². The highest BCUT2D eigenvalue weighted by Gasteiger charge is 2.54. The first kappa shape index (κ1) is 43.1. The molecule has 13 atom stereocenters. The van der Waals surface area contributed by atoms with E-state index in [-0.39, 0.29) is 54.2 Å². The van der Waals surface area contributed by atoms with Crippen LogP contribution >= 0.6 is 0 Å². The van der Waals surface area contributed by atoms with Gasteiger partial charge in [0.1, 0.15) is 41.5 Å². The van der Waals surface area contributed by atoms with Crippen LogP contribution in [0, 0.1) is 0 Å². The molecule has 7 rings (SSSR count). The van der Waals surface area contributed by atoms with Gasteiger partial charge in [0.2, 0.25) is 5.78 Å². The lowest BCUT2D eigenvalue weighted by Gasteiger charge is -2.48. The summed E-state index contributed by atoms with van der Waals surface area (Å²) in [6, 6.07) is 3.01. The lowest BCUT2D eigenvalue weighted by atomic mass is 9.67. The van der Waals surface area contributed by atoms with Crippen LogP contribution in [-0.4, -0.2) is 142 Å². The van der Waals surface area contributed by atoms with Crippen molar-refractivity contribution in [2.45, 2.75) is 145 Å². The number of carbonyl (C=O) groups is 4. The molecule has 2 aromatic rings. The number of aliphatic hydroxyl groups is 2. The number of aliphatic hydroxyl groups excluding tert-OH is 1. The number of ketones is 3. The van der Waals surface area contributed by atoms with E-state index in [4.69, 9.17) is 33.2 Å². The Balaban J connectivity index is 1.14. The van der Waals surface area contributed by atoms with Crippen LogP contribution < -0.4 is 0 Å². The number of fused-ring (bicyclic) bond motifs is 3. The van der Waals surface area contributed by atoms with Crippen molar-refractivity contribution in [3.8, 4) is 17.2 Å². The van der Waals surface area contributed by atoms with Gasteiger partial charge in [0.25, 0.3) is 0 Å². The third kappa shape index (κ3) is 7.65. The van der Waals surface area contributed by atoms with Crippen LogP contribution in [0.3, 0.4) is 0 Å². The van der Waals surface area contributed by atoms with E-state index in [1.165, 1.54) is 6.07 Å². The lowest BCUT2D eigenvalue weighted by Crippen LogP contribution is -2.58. The van der Waals surface area contributed by atoms with Gasteiger partial charge in [-0.25, -0.2) is 0 Å². The number of nitrogens with zero attached hydrogens (tertiary/aromatic N) is 1. The molecular formula is C42H53NO16. The molecule has 3 fully saturated rings. The number of benzene rings is 2. The van der Waals surface area contributed by atoms with Crippen molar-refractivity contribution in [2.75, 3.05) is 21.2 Å². The molecule has 3 heterocycles. The van der Waals surface area contributed by atoms with Crippen LogP contribution in [0.1, 0.15) is 121 Å². The van der Waals surface area contributed by atoms with E-state index in [2.05, 4.69) is 0 Å². The molecule has 13 unspecified atom stereocenters. The van der Waals surface area contributed by atoms with E-state index in [0.717, 1.165) is 19.2 Å². The Labute approximate surface area is 341 Å². The van der Waals surface area contributed by atoms with Crippen LogP contribution in [-0.2, 0) is 42.7 Å². The van der Waals surface area contributed by atoms with Gasteiger partial charge in [-0.15, -0.1) is 0 Å². The molecule has 0 saturated carbocycles. The Morgan fingerprint density at radius 1 is 0.864 bits per heavy atom. The number of hydrogen-bond donors (Lipinski definition) is 5. The molecule has 0 aromatic heterocycles. The summed E-state index contributed by atoms with van der Waals surface area (Å²) in [5.41, 5.74) is -3.58. The smallest absolute Gasteiger partial charge is 0.316 e. The number of phenolic OH excluding ortho intramolecular Hbond substituents is 3. The molecule has 5 N–H and O–H groups in total. The Hall–Kier alpha value is -4.04. The van der Waals surface area contributed by atoms with E-state index in [0.29, 0.717) is 12.8 Å².